The number of hydrogen-bond acceptors (Lipinski definition) is 1. The number of halogens is 1. The van der Waals surface area contributed by atoms with E-state index >= 15 is 0 Å². The van der Waals surface area contributed by atoms with Crippen LogP contribution in [0.25, 0.3) is 0 Å². The summed E-state index contributed by atoms with van der Waals surface area (Å²) in [7, 11) is 1.75. The van der Waals surface area contributed by atoms with Gasteiger partial charge in [-0.2, -0.15) is 0 Å². The number of para-hydroxylation sites is 1. The smallest absolute Gasteiger partial charge is 0.122 e. The summed E-state index contributed by atoms with van der Waals surface area (Å²) in [6.07, 6.45) is 11.0. The maximum Gasteiger partial charge on any atom is 0.122 e. The van der Waals surface area contributed by atoms with Gasteiger partial charge in [-0.15, -0.1) is 0 Å². The minimum absolute atomic E-state index is 0.575. The summed E-state index contributed by atoms with van der Waals surface area (Å²) < 4.78 is 5.42. The summed E-state index contributed by atoms with van der Waals surface area (Å²) in [5.74, 6) is 2.00. The molecule has 1 aliphatic carbocycles. The quantitative estimate of drug-likeness (QED) is 0.640. The first-order valence-corrected chi connectivity index (χ1v) is 8.47. The Bertz CT molecular complexity index is 371. The third kappa shape index (κ3) is 4.83. The van der Waals surface area contributed by atoms with Crippen molar-refractivity contribution in [3.8, 4) is 5.75 Å². The summed E-state index contributed by atoms with van der Waals surface area (Å²) in [4.78, 5) is 0.575. The molecule has 1 unspecified atom stereocenters. The molecule has 0 heterocycles. The Morgan fingerprint density at radius 2 is 1.95 bits per heavy atom. The number of alkyl halides is 1. The fourth-order valence-corrected chi connectivity index (χ4v) is 3.72. The molecule has 1 atom stereocenters. The Morgan fingerprint density at radius 3 is 2.68 bits per heavy atom. The fraction of sp³-hybridized carbons (Fsp3) is 0.647. The maximum atomic E-state index is 5.42. The second-order valence-corrected chi connectivity index (χ2v) is 6.99. The third-order valence-electron chi connectivity index (χ3n) is 4.25. The molecule has 0 N–H and O–H groups in total. The molecule has 0 aromatic heterocycles. The Hall–Kier alpha value is -0.500. The van der Waals surface area contributed by atoms with Gasteiger partial charge in [0.1, 0.15) is 5.75 Å². The van der Waals surface area contributed by atoms with E-state index in [-0.39, 0.29) is 0 Å². The van der Waals surface area contributed by atoms with Crippen LogP contribution in [0, 0.1) is 5.92 Å². The third-order valence-corrected chi connectivity index (χ3v) is 5.03. The molecule has 1 nitrogen and oxygen atoms in total. The lowest BCUT2D eigenvalue weighted by Crippen LogP contribution is -2.10. The average Bonchev–Trinajstić information content (AvgIpc) is 2.47. The van der Waals surface area contributed by atoms with E-state index in [1.165, 1.54) is 50.5 Å². The van der Waals surface area contributed by atoms with Gasteiger partial charge in [-0.3, -0.25) is 0 Å². The lowest BCUT2D eigenvalue weighted by atomic mass is 9.85. The highest BCUT2D eigenvalue weighted by atomic mass is 79.9. The lowest BCUT2D eigenvalue weighted by molar-refractivity contribution is 0.331. The van der Waals surface area contributed by atoms with Crippen LogP contribution in [0.15, 0.2) is 24.3 Å². The van der Waals surface area contributed by atoms with Crippen LogP contribution in [-0.2, 0) is 6.42 Å². The molecule has 2 rings (SSSR count). The molecule has 1 aromatic carbocycles. The topological polar surface area (TPSA) is 9.23 Å². The standard InChI is InChI=1S/C17H25BrO/c1-19-17-10-6-5-9-15(17)13-16(18)12-11-14-7-3-2-4-8-14/h5-6,9-10,14,16H,2-4,7-8,11-13H2,1H3. The van der Waals surface area contributed by atoms with Crippen LogP contribution < -0.4 is 4.74 Å². The zero-order valence-electron chi connectivity index (χ0n) is 11.9. The molecule has 1 saturated carbocycles. The maximum absolute atomic E-state index is 5.42. The molecular weight excluding hydrogens is 300 g/mol. The van der Waals surface area contributed by atoms with Crippen molar-refractivity contribution in [3.05, 3.63) is 29.8 Å². The van der Waals surface area contributed by atoms with Crippen LogP contribution in [0.2, 0.25) is 0 Å². The summed E-state index contributed by atoms with van der Waals surface area (Å²) in [5, 5.41) is 0. The zero-order valence-corrected chi connectivity index (χ0v) is 13.5. The summed E-state index contributed by atoms with van der Waals surface area (Å²) in [6.45, 7) is 0. The van der Waals surface area contributed by atoms with E-state index < -0.39 is 0 Å². The highest BCUT2D eigenvalue weighted by Crippen LogP contribution is 2.30. The van der Waals surface area contributed by atoms with E-state index in [2.05, 4.69) is 34.1 Å². The van der Waals surface area contributed by atoms with Gasteiger partial charge >= 0.3 is 0 Å². The van der Waals surface area contributed by atoms with Crippen LogP contribution >= 0.6 is 15.9 Å². The number of hydrogen-bond donors (Lipinski definition) is 0. The van der Waals surface area contributed by atoms with Crippen LogP contribution in [0.4, 0.5) is 0 Å². The van der Waals surface area contributed by atoms with E-state index in [0.717, 1.165) is 18.1 Å². The molecule has 0 radical (unpaired) electrons. The minimum Gasteiger partial charge on any atom is -0.496 e. The van der Waals surface area contributed by atoms with Crippen molar-refractivity contribution in [1.29, 1.82) is 0 Å². The van der Waals surface area contributed by atoms with Crippen molar-refractivity contribution in [3.63, 3.8) is 0 Å². The summed E-state index contributed by atoms with van der Waals surface area (Å²) >= 11 is 3.85. The highest BCUT2D eigenvalue weighted by Gasteiger charge is 2.16. The van der Waals surface area contributed by atoms with Crippen LogP contribution in [0.3, 0.4) is 0 Å². The van der Waals surface area contributed by atoms with Crippen LogP contribution in [-0.4, -0.2) is 11.9 Å². The Balaban J connectivity index is 1.78. The van der Waals surface area contributed by atoms with E-state index in [9.17, 15) is 0 Å². The first kappa shape index (κ1) is 14.9. The largest absolute Gasteiger partial charge is 0.496 e. The number of benzene rings is 1. The van der Waals surface area contributed by atoms with Crippen LogP contribution in [0.1, 0.15) is 50.5 Å². The van der Waals surface area contributed by atoms with E-state index in [0.29, 0.717) is 4.83 Å². The molecule has 19 heavy (non-hydrogen) atoms. The van der Waals surface area contributed by atoms with Gasteiger partial charge in [-0.1, -0.05) is 66.2 Å². The average molecular weight is 325 g/mol. The van der Waals surface area contributed by atoms with Crippen molar-refractivity contribution in [2.75, 3.05) is 7.11 Å². The fourth-order valence-electron chi connectivity index (χ4n) is 3.10. The normalized spacial score (nSPS) is 18.2. The molecular formula is C17H25BrO. The highest BCUT2D eigenvalue weighted by molar-refractivity contribution is 9.09. The van der Waals surface area contributed by atoms with Crippen molar-refractivity contribution in [2.45, 2.75) is 56.2 Å². The van der Waals surface area contributed by atoms with Gasteiger partial charge in [0.15, 0.2) is 0 Å². The lowest BCUT2D eigenvalue weighted by Gasteiger charge is -2.22. The monoisotopic (exact) mass is 324 g/mol. The SMILES string of the molecule is COc1ccccc1CC(Br)CCC1CCCCC1. The number of methoxy groups -OCH3 is 1. The van der Waals surface area contributed by atoms with Gasteiger partial charge in [0.2, 0.25) is 0 Å². The van der Waals surface area contributed by atoms with E-state index in [1.807, 2.05) is 6.07 Å². The molecule has 0 saturated heterocycles. The Labute approximate surface area is 125 Å². The molecule has 1 aliphatic rings. The molecule has 106 valence electrons. The first-order chi connectivity index (χ1) is 9.29. The van der Waals surface area contributed by atoms with Gasteiger partial charge in [-0.25, -0.2) is 0 Å². The Kier molecular flexibility index (Phi) is 6.22. The second-order valence-electron chi connectivity index (χ2n) is 5.69. The molecule has 0 amide bonds. The minimum atomic E-state index is 0.575. The van der Waals surface area contributed by atoms with Gasteiger partial charge < -0.3 is 4.74 Å². The molecule has 0 spiro atoms. The summed E-state index contributed by atoms with van der Waals surface area (Å²) in [6, 6.07) is 8.36. The van der Waals surface area contributed by atoms with E-state index in [1.54, 1.807) is 7.11 Å². The van der Waals surface area contributed by atoms with Crippen molar-refractivity contribution in [1.82, 2.24) is 0 Å². The van der Waals surface area contributed by atoms with Crippen LogP contribution in [0.5, 0.6) is 5.75 Å². The molecule has 0 aliphatic heterocycles. The predicted octanol–water partition coefficient (Wildman–Crippen LogP) is 5.36. The first-order valence-electron chi connectivity index (χ1n) is 7.55. The van der Waals surface area contributed by atoms with Gasteiger partial charge in [-0.05, 0) is 36.8 Å². The zero-order chi connectivity index (χ0) is 13.5. The molecule has 2 heteroatoms. The van der Waals surface area contributed by atoms with E-state index in [4.69, 9.17) is 4.74 Å². The van der Waals surface area contributed by atoms with Crippen molar-refractivity contribution in [2.24, 2.45) is 5.92 Å². The van der Waals surface area contributed by atoms with Crippen molar-refractivity contribution < 1.29 is 4.74 Å². The number of rotatable bonds is 6. The molecule has 0 bridgehead atoms. The second kappa shape index (κ2) is 7.94. The van der Waals surface area contributed by atoms with Crippen molar-refractivity contribution >= 4 is 15.9 Å². The van der Waals surface area contributed by atoms with Gasteiger partial charge in [0.25, 0.3) is 0 Å². The predicted molar refractivity (Wildman–Crippen MR) is 85.2 cm³/mol. The molecule has 1 fully saturated rings. The van der Waals surface area contributed by atoms with Gasteiger partial charge in [0, 0.05) is 4.83 Å². The van der Waals surface area contributed by atoms with Gasteiger partial charge in [0.05, 0.1) is 7.11 Å². The Morgan fingerprint density at radius 1 is 1.21 bits per heavy atom. The summed E-state index contributed by atoms with van der Waals surface area (Å²) in [5.41, 5.74) is 1.32. The number of ether oxygens (including phenoxy) is 1. The molecule has 1 aromatic rings.